The summed E-state index contributed by atoms with van der Waals surface area (Å²) < 4.78 is 8.40. The van der Waals surface area contributed by atoms with Gasteiger partial charge in [0.05, 0.1) is 0 Å². The first-order valence-corrected chi connectivity index (χ1v) is 3.47. The van der Waals surface area contributed by atoms with E-state index in [1.165, 1.54) is 0 Å². The van der Waals surface area contributed by atoms with Crippen LogP contribution >= 0.6 is 0 Å². The number of hydrogen-bond acceptors (Lipinski definition) is 4. The zero-order valence-corrected chi connectivity index (χ0v) is 8.03. The highest BCUT2D eigenvalue weighted by atomic mass is 16.6. The zero-order valence-electron chi connectivity index (χ0n) is 8.03. The molecule has 0 aromatic heterocycles. The SMILES string of the molecule is C=C.C=C.NC(=O)OCCOC(N)=O. The molecule has 6 heteroatoms. The van der Waals surface area contributed by atoms with E-state index in [-0.39, 0.29) is 13.2 Å². The van der Waals surface area contributed by atoms with Crippen molar-refractivity contribution in [3.05, 3.63) is 26.3 Å². The van der Waals surface area contributed by atoms with Crippen LogP contribution in [0.3, 0.4) is 0 Å². The maximum Gasteiger partial charge on any atom is 0.404 e. The lowest BCUT2D eigenvalue weighted by molar-refractivity contribution is 0.105. The highest BCUT2D eigenvalue weighted by Gasteiger charge is 1.95. The van der Waals surface area contributed by atoms with Crippen LogP contribution in [0.2, 0.25) is 0 Å². The highest BCUT2D eigenvalue weighted by molar-refractivity contribution is 5.65. The van der Waals surface area contributed by atoms with Gasteiger partial charge in [-0.15, -0.1) is 26.3 Å². The Bertz CT molecular complexity index is 143. The van der Waals surface area contributed by atoms with Crippen LogP contribution in [-0.2, 0) is 9.47 Å². The molecule has 4 N–H and O–H groups in total. The van der Waals surface area contributed by atoms with E-state index in [0.717, 1.165) is 0 Å². The Morgan fingerprint density at radius 2 is 1.07 bits per heavy atom. The third-order valence-electron chi connectivity index (χ3n) is 0.572. The molecule has 2 amide bonds. The van der Waals surface area contributed by atoms with Crippen LogP contribution in [0.5, 0.6) is 0 Å². The normalized spacial score (nSPS) is 6.57. The van der Waals surface area contributed by atoms with Gasteiger partial charge in [0.15, 0.2) is 0 Å². The fourth-order valence-electron chi connectivity index (χ4n) is 0.285. The fraction of sp³-hybridized carbons (Fsp3) is 0.250. The van der Waals surface area contributed by atoms with Crippen molar-refractivity contribution in [3.63, 3.8) is 0 Å². The first-order valence-electron chi connectivity index (χ1n) is 3.47. The third-order valence-corrected chi connectivity index (χ3v) is 0.572. The first kappa shape index (κ1) is 17.9. The van der Waals surface area contributed by atoms with Gasteiger partial charge in [0.2, 0.25) is 0 Å². The van der Waals surface area contributed by atoms with Crippen molar-refractivity contribution in [2.45, 2.75) is 0 Å². The molecule has 82 valence electrons. The minimum atomic E-state index is -0.909. The van der Waals surface area contributed by atoms with Crippen LogP contribution in [0.15, 0.2) is 26.3 Å². The summed E-state index contributed by atoms with van der Waals surface area (Å²) in [4.78, 5) is 19.7. The molecule has 0 heterocycles. The van der Waals surface area contributed by atoms with Gasteiger partial charge in [-0.05, 0) is 0 Å². The van der Waals surface area contributed by atoms with Gasteiger partial charge in [0.25, 0.3) is 0 Å². The molecule has 0 aliphatic rings. The molecule has 0 atom stereocenters. The van der Waals surface area contributed by atoms with Gasteiger partial charge in [-0.25, -0.2) is 9.59 Å². The lowest BCUT2D eigenvalue weighted by Gasteiger charge is -2.00. The van der Waals surface area contributed by atoms with Gasteiger partial charge in [-0.3, -0.25) is 0 Å². The molecule has 0 aliphatic heterocycles. The van der Waals surface area contributed by atoms with Crippen LogP contribution in [0.1, 0.15) is 0 Å². The minimum Gasteiger partial charge on any atom is -0.446 e. The zero-order chi connectivity index (χ0) is 12.0. The van der Waals surface area contributed by atoms with E-state index in [1.807, 2.05) is 0 Å². The standard InChI is InChI=1S/C4H8N2O4.2C2H4/c5-3(7)9-1-2-10-4(6)8;2*1-2/h1-2H2,(H2,5,7)(H2,6,8);2*1-2H2. The Morgan fingerprint density at radius 3 is 1.21 bits per heavy atom. The fourth-order valence-corrected chi connectivity index (χ4v) is 0.285. The molecule has 0 radical (unpaired) electrons. The first-order chi connectivity index (χ1) is 6.63. The number of carbonyl (C=O) groups is 2. The molecule has 0 saturated carbocycles. The lowest BCUT2D eigenvalue weighted by atomic mass is 10.8. The molecular weight excluding hydrogens is 188 g/mol. The van der Waals surface area contributed by atoms with Crippen molar-refractivity contribution in [1.29, 1.82) is 0 Å². The lowest BCUT2D eigenvalue weighted by Crippen LogP contribution is -2.20. The van der Waals surface area contributed by atoms with E-state index in [4.69, 9.17) is 0 Å². The Kier molecular flexibility index (Phi) is 22.0. The molecule has 0 saturated heterocycles. The molecule has 0 aliphatic carbocycles. The largest absolute Gasteiger partial charge is 0.446 e. The van der Waals surface area contributed by atoms with E-state index >= 15 is 0 Å². The summed E-state index contributed by atoms with van der Waals surface area (Å²) in [6.07, 6.45) is -1.82. The Morgan fingerprint density at radius 1 is 0.857 bits per heavy atom. The third kappa shape index (κ3) is 32.3. The average molecular weight is 204 g/mol. The quantitative estimate of drug-likeness (QED) is 0.523. The van der Waals surface area contributed by atoms with Crippen molar-refractivity contribution in [2.75, 3.05) is 13.2 Å². The summed E-state index contributed by atoms with van der Waals surface area (Å²) in [5, 5.41) is 0. The van der Waals surface area contributed by atoms with Crippen LogP contribution in [0, 0.1) is 0 Å². The molecule has 0 spiro atoms. The molecule has 14 heavy (non-hydrogen) atoms. The van der Waals surface area contributed by atoms with Gasteiger partial charge < -0.3 is 20.9 Å². The molecule has 0 aromatic rings. The number of hydrogen-bond donors (Lipinski definition) is 2. The number of carbonyl (C=O) groups excluding carboxylic acids is 2. The summed E-state index contributed by atoms with van der Waals surface area (Å²) in [5.41, 5.74) is 9.15. The number of nitrogens with two attached hydrogens (primary N) is 2. The molecule has 0 unspecified atom stereocenters. The van der Waals surface area contributed by atoms with E-state index in [2.05, 4.69) is 47.3 Å². The predicted molar refractivity (Wildman–Crippen MR) is 53.6 cm³/mol. The summed E-state index contributed by atoms with van der Waals surface area (Å²) in [6.45, 7) is 11.9. The minimum absolute atomic E-state index is 0.0712. The maximum absolute atomic E-state index is 9.87. The van der Waals surface area contributed by atoms with E-state index in [0.29, 0.717) is 0 Å². The molecular formula is C8H16N2O4. The number of rotatable bonds is 3. The second-order valence-electron chi connectivity index (χ2n) is 1.33. The highest BCUT2D eigenvalue weighted by Crippen LogP contribution is 1.76. The number of primary amides is 2. The summed E-state index contributed by atoms with van der Waals surface area (Å²) in [6, 6.07) is 0. The molecule has 0 bridgehead atoms. The van der Waals surface area contributed by atoms with Crippen molar-refractivity contribution in [1.82, 2.24) is 0 Å². The second-order valence-corrected chi connectivity index (χ2v) is 1.33. The molecule has 0 rings (SSSR count). The van der Waals surface area contributed by atoms with Crippen molar-refractivity contribution in [3.8, 4) is 0 Å². The van der Waals surface area contributed by atoms with Crippen LogP contribution < -0.4 is 11.5 Å². The second kappa shape index (κ2) is 17.2. The van der Waals surface area contributed by atoms with Crippen LogP contribution in [-0.4, -0.2) is 25.4 Å². The van der Waals surface area contributed by atoms with Gasteiger partial charge in [-0.1, -0.05) is 0 Å². The average Bonchev–Trinajstić information content (AvgIpc) is 2.18. The topological polar surface area (TPSA) is 105 Å². The van der Waals surface area contributed by atoms with Crippen LogP contribution in [0.4, 0.5) is 9.59 Å². The Labute approximate surface area is 83.2 Å². The van der Waals surface area contributed by atoms with Crippen molar-refractivity contribution >= 4 is 12.2 Å². The van der Waals surface area contributed by atoms with E-state index in [9.17, 15) is 9.59 Å². The molecule has 0 fully saturated rings. The Balaban J connectivity index is -0.000000266. The van der Waals surface area contributed by atoms with E-state index in [1.54, 1.807) is 0 Å². The summed E-state index contributed by atoms with van der Waals surface area (Å²) in [7, 11) is 0. The van der Waals surface area contributed by atoms with Gasteiger partial charge in [0.1, 0.15) is 13.2 Å². The molecule has 6 nitrogen and oxygen atoms in total. The Hall–Kier alpha value is -1.98. The maximum atomic E-state index is 9.87. The van der Waals surface area contributed by atoms with Gasteiger partial charge in [0, 0.05) is 0 Å². The van der Waals surface area contributed by atoms with Crippen molar-refractivity contribution in [2.24, 2.45) is 11.5 Å². The smallest absolute Gasteiger partial charge is 0.404 e. The molecule has 0 aromatic carbocycles. The van der Waals surface area contributed by atoms with Gasteiger partial charge in [-0.2, -0.15) is 0 Å². The van der Waals surface area contributed by atoms with E-state index < -0.39 is 12.2 Å². The number of ether oxygens (including phenoxy) is 2. The van der Waals surface area contributed by atoms with Crippen LogP contribution in [0.25, 0.3) is 0 Å². The van der Waals surface area contributed by atoms with Crippen molar-refractivity contribution < 1.29 is 19.1 Å². The van der Waals surface area contributed by atoms with Gasteiger partial charge >= 0.3 is 12.2 Å². The number of amides is 2. The predicted octanol–water partition coefficient (Wildman–Crippen LogP) is 0.781. The monoisotopic (exact) mass is 204 g/mol. The summed E-state index contributed by atoms with van der Waals surface area (Å²) >= 11 is 0. The summed E-state index contributed by atoms with van der Waals surface area (Å²) in [5.74, 6) is 0.